The molecule has 0 aliphatic heterocycles. The lowest BCUT2D eigenvalue weighted by Crippen LogP contribution is -2.19. The van der Waals surface area contributed by atoms with Gasteiger partial charge in [-0.1, -0.05) is 36.4 Å². The highest BCUT2D eigenvalue weighted by Gasteiger charge is 2.06. The summed E-state index contributed by atoms with van der Waals surface area (Å²) < 4.78 is 0. The van der Waals surface area contributed by atoms with Crippen molar-refractivity contribution in [1.82, 2.24) is 5.43 Å². The first-order valence-corrected chi connectivity index (χ1v) is 7.85. The van der Waals surface area contributed by atoms with Gasteiger partial charge in [-0.15, -0.1) is 0 Å². The van der Waals surface area contributed by atoms with Crippen molar-refractivity contribution in [3.8, 4) is 0 Å². The highest BCUT2D eigenvalue weighted by molar-refractivity contribution is 6.04. The molecular weight excluding hydrogens is 314 g/mol. The fourth-order valence-corrected chi connectivity index (χ4v) is 2.08. The number of nitrogens with zero attached hydrogens (tertiary/aromatic N) is 1. The van der Waals surface area contributed by atoms with Crippen LogP contribution in [-0.4, -0.2) is 17.5 Å². The summed E-state index contributed by atoms with van der Waals surface area (Å²) in [7, 11) is 0. The van der Waals surface area contributed by atoms with Gasteiger partial charge in [0.15, 0.2) is 0 Å². The molecule has 2 amide bonds. The fraction of sp³-hybridized carbons (Fsp3) is 0.150. The normalized spacial score (nSPS) is 10.9. The Bertz CT molecular complexity index is 836. The zero-order valence-electron chi connectivity index (χ0n) is 14.6. The van der Waals surface area contributed by atoms with Crippen LogP contribution in [0.2, 0.25) is 0 Å². The second-order valence-corrected chi connectivity index (χ2v) is 5.82. The quantitative estimate of drug-likeness (QED) is 0.497. The number of amides is 2. The molecule has 0 saturated heterocycles. The highest BCUT2D eigenvalue weighted by Crippen LogP contribution is 2.11. The Balaban J connectivity index is 2.03. The number of anilines is 1. The lowest BCUT2D eigenvalue weighted by Gasteiger charge is -2.07. The Hall–Kier alpha value is -3.21. The summed E-state index contributed by atoms with van der Waals surface area (Å²) in [6.07, 6.45) is 0. The van der Waals surface area contributed by atoms with E-state index >= 15 is 0 Å². The number of hydrogen-bond acceptors (Lipinski definition) is 3. The monoisotopic (exact) mass is 335 g/mol. The van der Waals surface area contributed by atoms with Crippen molar-refractivity contribution in [3.05, 3.63) is 77.4 Å². The summed E-state index contributed by atoms with van der Waals surface area (Å²) in [5.74, 6) is -0.475. The van der Waals surface area contributed by atoms with E-state index in [1.807, 2.05) is 31.2 Å². The summed E-state index contributed by atoms with van der Waals surface area (Å²) in [6, 6.07) is 14.5. The standard InChI is InChI=1S/C20H21N3O2/c1-13(2)19(24)21-18-10-8-16(9-11-18)15(4)22-23-20(25)17-7-5-6-14(3)12-17/h5-12H,1H2,2-4H3,(H,21,24)(H,23,25). The van der Waals surface area contributed by atoms with Crippen molar-refractivity contribution in [2.24, 2.45) is 5.10 Å². The smallest absolute Gasteiger partial charge is 0.271 e. The summed E-state index contributed by atoms with van der Waals surface area (Å²) in [5, 5.41) is 6.87. The average molecular weight is 335 g/mol. The van der Waals surface area contributed by atoms with Crippen LogP contribution in [0.5, 0.6) is 0 Å². The first kappa shape index (κ1) is 18.1. The van der Waals surface area contributed by atoms with Crippen LogP contribution in [0.3, 0.4) is 0 Å². The van der Waals surface area contributed by atoms with Gasteiger partial charge in [-0.05, 0) is 50.6 Å². The second-order valence-electron chi connectivity index (χ2n) is 5.82. The van der Waals surface area contributed by atoms with Gasteiger partial charge in [0, 0.05) is 16.8 Å². The Kier molecular flexibility index (Phi) is 5.84. The Labute approximate surface area is 147 Å². The van der Waals surface area contributed by atoms with Crippen LogP contribution in [-0.2, 0) is 4.79 Å². The molecule has 2 rings (SSSR count). The molecule has 0 unspecified atom stereocenters. The minimum atomic E-state index is -0.256. The molecule has 0 aliphatic rings. The average Bonchev–Trinajstić information content (AvgIpc) is 2.59. The number of aryl methyl sites for hydroxylation is 1. The van der Waals surface area contributed by atoms with Gasteiger partial charge in [0.25, 0.3) is 11.8 Å². The van der Waals surface area contributed by atoms with Crippen molar-refractivity contribution in [1.29, 1.82) is 0 Å². The molecule has 0 spiro atoms. The molecule has 0 bridgehead atoms. The van der Waals surface area contributed by atoms with Crippen molar-refractivity contribution >= 4 is 23.2 Å². The molecule has 5 nitrogen and oxygen atoms in total. The van der Waals surface area contributed by atoms with Crippen LogP contribution in [0.25, 0.3) is 0 Å². The van der Waals surface area contributed by atoms with Gasteiger partial charge in [-0.25, -0.2) is 5.43 Å². The van der Waals surface area contributed by atoms with Gasteiger partial charge in [0.1, 0.15) is 0 Å². The van der Waals surface area contributed by atoms with E-state index in [0.29, 0.717) is 22.5 Å². The number of nitrogens with one attached hydrogen (secondary N) is 2. The van der Waals surface area contributed by atoms with Crippen molar-refractivity contribution in [2.75, 3.05) is 5.32 Å². The maximum Gasteiger partial charge on any atom is 0.271 e. The fourth-order valence-electron chi connectivity index (χ4n) is 2.08. The molecule has 2 N–H and O–H groups in total. The first-order chi connectivity index (χ1) is 11.9. The predicted octanol–water partition coefficient (Wildman–Crippen LogP) is 3.66. The zero-order valence-corrected chi connectivity index (χ0v) is 14.6. The summed E-state index contributed by atoms with van der Waals surface area (Å²) in [4.78, 5) is 23.7. The van der Waals surface area contributed by atoms with Gasteiger partial charge in [0.05, 0.1) is 5.71 Å². The van der Waals surface area contributed by atoms with Crippen LogP contribution >= 0.6 is 0 Å². The van der Waals surface area contributed by atoms with E-state index in [0.717, 1.165) is 11.1 Å². The van der Waals surface area contributed by atoms with E-state index in [-0.39, 0.29) is 11.8 Å². The van der Waals surface area contributed by atoms with E-state index in [9.17, 15) is 9.59 Å². The molecule has 2 aromatic rings. The van der Waals surface area contributed by atoms with E-state index in [4.69, 9.17) is 0 Å². The van der Waals surface area contributed by atoms with Gasteiger partial charge in [-0.3, -0.25) is 9.59 Å². The van der Waals surface area contributed by atoms with Gasteiger partial charge >= 0.3 is 0 Å². The van der Waals surface area contributed by atoms with Gasteiger partial charge in [0.2, 0.25) is 0 Å². The maximum atomic E-state index is 12.1. The number of carbonyl (C=O) groups is 2. The molecule has 0 radical (unpaired) electrons. The van der Waals surface area contributed by atoms with E-state index in [1.165, 1.54) is 0 Å². The van der Waals surface area contributed by atoms with Crippen molar-refractivity contribution in [3.63, 3.8) is 0 Å². The lowest BCUT2D eigenvalue weighted by molar-refractivity contribution is -0.112. The largest absolute Gasteiger partial charge is 0.322 e. The number of hydrogen-bond donors (Lipinski definition) is 2. The number of carbonyl (C=O) groups excluding carboxylic acids is 2. The van der Waals surface area contributed by atoms with Crippen LogP contribution in [0, 0.1) is 6.92 Å². The topological polar surface area (TPSA) is 70.6 Å². The van der Waals surface area contributed by atoms with Crippen LogP contribution in [0.15, 0.2) is 65.8 Å². The molecule has 0 aromatic heterocycles. The van der Waals surface area contributed by atoms with E-state index in [2.05, 4.69) is 22.4 Å². The summed E-state index contributed by atoms with van der Waals surface area (Å²) >= 11 is 0. The molecule has 0 aliphatic carbocycles. The van der Waals surface area contributed by atoms with Crippen LogP contribution in [0.1, 0.15) is 35.3 Å². The van der Waals surface area contributed by atoms with Crippen molar-refractivity contribution in [2.45, 2.75) is 20.8 Å². The molecule has 128 valence electrons. The number of rotatable bonds is 5. The zero-order chi connectivity index (χ0) is 18.4. The lowest BCUT2D eigenvalue weighted by atomic mass is 10.1. The molecule has 0 heterocycles. The molecule has 0 atom stereocenters. The second kappa shape index (κ2) is 8.06. The molecule has 5 heteroatoms. The minimum absolute atomic E-state index is 0.219. The predicted molar refractivity (Wildman–Crippen MR) is 101 cm³/mol. The first-order valence-electron chi connectivity index (χ1n) is 7.85. The minimum Gasteiger partial charge on any atom is -0.322 e. The Morgan fingerprint density at radius 1 is 1.00 bits per heavy atom. The third-order valence-electron chi connectivity index (χ3n) is 3.55. The third kappa shape index (κ3) is 5.14. The van der Waals surface area contributed by atoms with Crippen LogP contribution in [0.4, 0.5) is 5.69 Å². The molecular formula is C20H21N3O2. The molecule has 2 aromatic carbocycles. The van der Waals surface area contributed by atoms with E-state index in [1.54, 1.807) is 38.1 Å². The Morgan fingerprint density at radius 2 is 1.68 bits per heavy atom. The number of benzene rings is 2. The molecule has 0 saturated carbocycles. The highest BCUT2D eigenvalue weighted by atomic mass is 16.2. The van der Waals surface area contributed by atoms with E-state index < -0.39 is 0 Å². The molecule has 25 heavy (non-hydrogen) atoms. The molecule has 0 fully saturated rings. The summed E-state index contributed by atoms with van der Waals surface area (Å²) in [6.45, 7) is 8.98. The third-order valence-corrected chi connectivity index (χ3v) is 3.55. The SMILES string of the molecule is C=C(C)C(=O)Nc1ccc(C(C)=NNC(=O)c2cccc(C)c2)cc1. The number of hydrazone groups is 1. The van der Waals surface area contributed by atoms with Gasteiger partial charge < -0.3 is 5.32 Å². The Morgan fingerprint density at radius 3 is 2.28 bits per heavy atom. The summed E-state index contributed by atoms with van der Waals surface area (Å²) in [5.41, 5.74) is 6.76. The van der Waals surface area contributed by atoms with Crippen molar-refractivity contribution < 1.29 is 9.59 Å². The maximum absolute atomic E-state index is 12.1. The van der Waals surface area contributed by atoms with Gasteiger partial charge in [-0.2, -0.15) is 5.10 Å². The van der Waals surface area contributed by atoms with Crippen LogP contribution < -0.4 is 10.7 Å².